The predicted octanol–water partition coefficient (Wildman–Crippen LogP) is 3.98. The smallest absolute Gasteiger partial charge is 0.338 e. The van der Waals surface area contributed by atoms with Crippen molar-refractivity contribution in [3.8, 4) is 11.5 Å². The summed E-state index contributed by atoms with van der Waals surface area (Å²) in [5, 5.41) is 2.84. The van der Waals surface area contributed by atoms with Gasteiger partial charge in [0.15, 0.2) is 6.10 Å². The number of carbonyl (C=O) groups is 2. The predicted molar refractivity (Wildman–Crippen MR) is 103 cm³/mol. The summed E-state index contributed by atoms with van der Waals surface area (Å²) in [6.07, 6.45) is -0.192. The molecule has 0 unspecified atom stereocenters. The van der Waals surface area contributed by atoms with Crippen LogP contribution in [-0.4, -0.2) is 31.7 Å². The van der Waals surface area contributed by atoms with Crippen molar-refractivity contribution in [3.63, 3.8) is 0 Å². The Kier molecular flexibility index (Phi) is 7.23. The lowest BCUT2D eigenvalue weighted by atomic mass is 10.1. The second-order valence-corrected chi connectivity index (χ2v) is 5.93. The van der Waals surface area contributed by atoms with Crippen molar-refractivity contribution in [1.29, 1.82) is 0 Å². The van der Waals surface area contributed by atoms with E-state index in [0.29, 0.717) is 35.8 Å². The van der Waals surface area contributed by atoms with E-state index in [0.717, 1.165) is 5.56 Å². The third kappa shape index (κ3) is 5.48. The minimum atomic E-state index is -0.678. The molecule has 2 rings (SSSR count). The topological polar surface area (TPSA) is 73.9 Å². The van der Waals surface area contributed by atoms with Crippen LogP contribution in [0.5, 0.6) is 11.5 Å². The molecule has 2 aromatic rings. The van der Waals surface area contributed by atoms with Crippen molar-refractivity contribution in [1.82, 2.24) is 0 Å². The first-order valence-corrected chi connectivity index (χ1v) is 8.87. The Morgan fingerprint density at radius 1 is 1.07 bits per heavy atom. The molecule has 2 aromatic carbocycles. The Bertz CT molecular complexity index is 803. The maximum absolute atomic E-state index is 12.7. The standard InChI is InChI=1S/C21H25NO5/c1-5-19(27-17-9-7-8-16(13-17)25-4)20(23)22-18-12-15(11-10-14(18)3)21(24)26-6-2/h7-13,19H,5-6H2,1-4H3,(H,22,23)/t19-/m1/s1. The molecule has 1 N–H and O–H groups in total. The number of hydrogen-bond donors (Lipinski definition) is 1. The van der Waals surface area contributed by atoms with Gasteiger partial charge in [0, 0.05) is 11.8 Å². The zero-order chi connectivity index (χ0) is 19.8. The van der Waals surface area contributed by atoms with Gasteiger partial charge in [-0.1, -0.05) is 19.1 Å². The van der Waals surface area contributed by atoms with Crippen LogP contribution in [0.25, 0.3) is 0 Å². The average Bonchev–Trinajstić information content (AvgIpc) is 2.68. The van der Waals surface area contributed by atoms with Crippen molar-refractivity contribution in [2.45, 2.75) is 33.3 Å². The normalized spacial score (nSPS) is 11.4. The van der Waals surface area contributed by atoms with Crippen LogP contribution in [-0.2, 0) is 9.53 Å². The fourth-order valence-corrected chi connectivity index (χ4v) is 2.47. The van der Waals surface area contributed by atoms with Crippen LogP contribution in [0.4, 0.5) is 5.69 Å². The summed E-state index contributed by atoms with van der Waals surface area (Å²) in [6, 6.07) is 12.2. The molecule has 0 aromatic heterocycles. The molecule has 27 heavy (non-hydrogen) atoms. The monoisotopic (exact) mass is 371 g/mol. The highest BCUT2D eigenvalue weighted by atomic mass is 16.5. The third-order valence-corrected chi connectivity index (χ3v) is 3.99. The number of aryl methyl sites for hydroxylation is 1. The van der Waals surface area contributed by atoms with Gasteiger partial charge in [-0.2, -0.15) is 0 Å². The van der Waals surface area contributed by atoms with Crippen molar-refractivity contribution in [3.05, 3.63) is 53.6 Å². The second-order valence-electron chi connectivity index (χ2n) is 5.93. The van der Waals surface area contributed by atoms with Gasteiger partial charge in [-0.15, -0.1) is 0 Å². The summed E-state index contributed by atoms with van der Waals surface area (Å²) in [7, 11) is 1.57. The lowest BCUT2D eigenvalue weighted by molar-refractivity contribution is -0.122. The van der Waals surface area contributed by atoms with Crippen molar-refractivity contribution in [2.24, 2.45) is 0 Å². The third-order valence-electron chi connectivity index (χ3n) is 3.99. The molecule has 0 fully saturated rings. The molecular weight excluding hydrogens is 346 g/mol. The van der Waals surface area contributed by atoms with Crippen LogP contribution < -0.4 is 14.8 Å². The molecule has 0 radical (unpaired) electrons. The van der Waals surface area contributed by atoms with Crippen molar-refractivity contribution >= 4 is 17.6 Å². The maximum atomic E-state index is 12.7. The van der Waals surface area contributed by atoms with Gasteiger partial charge >= 0.3 is 5.97 Å². The summed E-state index contributed by atoms with van der Waals surface area (Å²) in [4.78, 5) is 24.6. The number of esters is 1. The number of benzene rings is 2. The van der Waals surface area contributed by atoms with Gasteiger partial charge in [-0.3, -0.25) is 4.79 Å². The Morgan fingerprint density at radius 2 is 1.81 bits per heavy atom. The first kappa shape index (κ1) is 20.3. The lowest BCUT2D eigenvalue weighted by Crippen LogP contribution is -2.32. The van der Waals surface area contributed by atoms with E-state index in [1.807, 2.05) is 13.8 Å². The van der Waals surface area contributed by atoms with Gasteiger partial charge in [0.05, 0.1) is 19.3 Å². The number of nitrogens with one attached hydrogen (secondary N) is 1. The van der Waals surface area contributed by atoms with Gasteiger partial charge in [0.2, 0.25) is 0 Å². The fraction of sp³-hybridized carbons (Fsp3) is 0.333. The van der Waals surface area contributed by atoms with Crippen molar-refractivity contribution in [2.75, 3.05) is 19.0 Å². The quantitative estimate of drug-likeness (QED) is 0.711. The summed E-state index contributed by atoms with van der Waals surface area (Å²) >= 11 is 0. The second kappa shape index (κ2) is 9.62. The Hall–Kier alpha value is -3.02. The molecule has 0 heterocycles. The van der Waals surface area contributed by atoms with E-state index < -0.39 is 12.1 Å². The molecule has 0 saturated carbocycles. The highest BCUT2D eigenvalue weighted by Gasteiger charge is 2.20. The zero-order valence-electron chi connectivity index (χ0n) is 16.1. The summed E-state index contributed by atoms with van der Waals surface area (Å²) < 4.78 is 16.0. The molecule has 0 spiro atoms. The lowest BCUT2D eigenvalue weighted by Gasteiger charge is -2.18. The zero-order valence-corrected chi connectivity index (χ0v) is 16.1. The van der Waals surface area contributed by atoms with Crippen LogP contribution in [0.1, 0.15) is 36.2 Å². The maximum Gasteiger partial charge on any atom is 0.338 e. The van der Waals surface area contributed by atoms with Crippen molar-refractivity contribution < 1.29 is 23.8 Å². The molecule has 6 heteroatoms. The number of hydrogen-bond acceptors (Lipinski definition) is 5. The number of carbonyl (C=O) groups excluding carboxylic acids is 2. The van der Waals surface area contributed by atoms with E-state index in [4.69, 9.17) is 14.2 Å². The van der Waals surface area contributed by atoms with Gasteiger partial charge in [-0.05, 0) is 50.1 Å². The SMILES string of the molecule is CCOC(=O)c1ccc(C)c(NC(=O)[C@@H](CC)Oc2cccc(OC)c2)c1. The number of anilines is 1. The first-order valence-electron chi connectivity index (χ1n) is 8.87. The van der Waals surface area contributed by atoms with E-state index >= 15 is 0 Å². The van der Waals surface area contributed by atoms with E-state index in [2.05, 4.69) is 5.32 Å². The molecule has 0 aliphatic rings. The largest absolute Gasteiger partial charge is 0.497 e. The molecular formula is C21H25NO5. The average molecular weight is 371 g/mol. The minimum Gasteiger partial charge on any atom is -0.497 e. The minimum absolute atomic E-state index is 0.288. The Balaban J connectivity index is 2.13. The van der Waals surface area contributed by atoms with Gasteiger partial charge in [0.25, 0.3) is 5.91 Å². The van der Waals surface area contributed by atoms with Crippen LogP contribution in [0, 0.1) is 6.92 Å². The van der Waals surface area contributed by atoms with E-state index in [-0.39, 0.29) is 5.91 Å². The molecule has 1 atom stereocenters. The molecule has 1 amide bonds. The van der Waals surface area contributed by atoms with Crippen LogP contribution >= 0.6 is 0 Å². The molecule has 0 saturated heterocycles. The highest BCUT2D eigenvalue weighted by Crippen LogP contribution is 2.22. The summed E-state index contributed by atoms with van der Waals surface area (Å²) in [5.41, 5.74) is 1.78. The highest BCUT2D eigenvalue weighted by molar-refractivity contribution is 5.97. The molecule has 0 aliphatic heterocycles. The Labute approximate surface area is 159 Å². The molecule has 6 nitrogen and oxygen atoms in total. The van der Waals surface area contributed by atoms with E-state index in [9.17, 15) is 9.59 Å². The van der Waals surface area contributed by atoms with Gasteiger partial charge in [-0.25, -0.2) is 4.79 Å². The number of amides is 1. The summed E-state index contributed by atoms with van der Waals surface area (Å²) in [5.74, 6) is 0.492. The van der Waals surface area contributed by atoms with Crippen LogP contribution in [0.2, 0.25) is 0 Å². The van der Waals surface area contributed by atoms with Crippen LogP contribution in [0.3, 0.4) is 0 Å². The number of rotatable bonds is 8. The van der Waals surface area contributed by atoms with Crippen LogP contribution in [0.15, 0.2) is 42.5 Å². The first-order chi connectivity index (χ1) is 13.0. The molecule has 0 bridgehead atoms. The van der Waals surface area contributed by atoms with Gasteiger partial charge < -0.3 is 19.5 Å². The molecule has 144 valence electrons. The summed E-state index contributed by atoms with van der Waals surface area (Å²) in [6.45, 7) is 5.76. The van der Waals surface area contributed by atoms with Gasteiger partial charge in [0.1, 0.15) is 11.5 Å². The van der Waals surface area contributed by atoms with E-state index in [1.165, 1.54) is 0 Å². The molecule has 0 aliphatic carbocycles. The number of ether oxygens (including phenoxy) is 3. The Morgan fingerprint density at radius 3 is 2.48 bits per heavy atom. The fourth-order valence-electron chi connectivity index (χ4n) is 2.47. The van der Waals surface area contributed by atoms with E-state index in [1.54, 1.807) is 56.5 Å². The number of methoxy groups -OCH3 is 1.